The van der Waals surface area contributed by atoms with Crippen molar-refractivity contribution in [3.05, 3.63) is 231 Å². The number of nitrogens with two attached hydrogens (primary N) is 1. The summed E-state index contributed by atoms with van der Waals surface area (Å²) in [7, 11) is 0. The lowest BCUT2D eigenvalue weighted by atomic mass is 9.69. The molecule has 1 unspecified atom stereocenters. The Hall–Kier alpha value is -6.33. The van der Waals surface area contributed by atoms with Crippen molar-refractivity contribution in [3.63, 3.8) is 0 Å². The van der Waals surface area contributed by atoms with Gasteiger partial charge in [0.2, 0.25) is 0 Å². The van der Waals surface area contributed by atoms with Crippen LogP contribution < -0.4 is 5.84 Å². The van der Waals surface area contributed by atoms with E-state index in [9.17, 15) is 0 Å². The van der Waals surface area contributed by atoms with E-state index in [1.807, 2.05) is 24.3 Å². The molecule has 1 fully saturated rings. The van der Waals surface area contributed by atoms with Gasteiger partial charge in [0, 0.05) is 16.3 Å². The molecule has 9 aromatic carbocycles. The second-order valence-electron chi connectivity index (χ2n) is 16.9. The minimum atomic E-state index is 0.00130. The van der Waals surface area contributed by atoms with E-state index >= 15 is 0 Å². The molecular formula is C58H46N2S2. The highest BCUT2D eigenvalue weighted by Gasteiger charge is 2.72. The Morgan fingerprint density at radius 2 is 0.919 bits per heavy atom. The molecule has 62 heavy (non-hydrogen) atoms. The monoisotopic (exact) mass is 834 g/mol. The Bertz CT molecular complexity index is 3240. The van der Waals surface area contributed by atoms with E-state index in [0.29, 0.717) is 0 Å². The fraction of sp³-hybridized carbons (Fsp3) is 0.138. The van der Waals surface area contributed by atoms with Gasteiger partial charge in [-0.3, -0.25) is 0 Å². The maximum atomic E-state index is 5.56. The van der Waals surface area contributed by atoms with Crippen molar-refractivity contribution in [3.8, 4) is 0 Å². The van der Waals surface area contributed by atoms with Crippen LogP contribution in [0, 0.1) is 4.51 Å². The Balaban J connectivity index is 0.000000114. The van der Waals surface area contributed by atoms with E-state index < -0.39 is 0 Å². The summed E-state index contributed by atoms with van der Waals surface area (Å²) in [5.41, 5.74) is 12.6. The molecule has 1 heterocycles. The molecule has 3 aliphatic carbocycles. The molecule has 0 amide bonds. The molecule has 4 aliphatic rings. The quantitative estimate of drug-likeness (QED) is 0.0716. The molecule has 2 N–H and O–H groups in total. The summed E-state index contributed by atoms with van der Waals surface area (Å²) >= 11 is 7.76. The van der Waals surface area contributed by atoms with Crippen LogP contribution in [-0.2, 0) is 22.3 Å². The molecule has 1 atom stereocenters. The lowest BCUT2D eigenvalue weighted by Gasteiger charge is -2.32. The van der Waals surface area contributed by atoms with Crippen LogP contribution >= 0.6 is 24.0 Å². The van der Waals surface area contributed by atoms with Gasteiger partial charge >= 0.3 is 0 Å². The lowest BCUT2D eigenvalue weighted by molar-refractivity contribution is 0.502. The van der Waals surface area contributed by atoms with Crippen LogP contribution in [0.25, 0.3) is 55.2 Å². The van der Waals surface area contributed by atoms with Gasteiger partial charge < -0.3 is 5.84 Å². The molecule has 1 saturated heterocycles. The summed E-state index contributed by atoms with van der Waals surface area (Å²) in [5, 5.41) is 14.1. The highest BCUT2D eigenvalue weighted by molar-refractivity contribution is 8.08. The summed E-state index contributed by atoms with van der Waals surface area (Å²) in [4.78, 5) is 0. The largest absolute Gasteiger partial charge is 0.323 e. The highest BCUT2D eigenvalue weighted by atomic mass is 32.2. The van der Waals surface area contributed by atoms with Gasteiger partial charge in [0.1, 0.15) is 0 Å². The molecule has 2 nitrogen and oxygen atoms in total. The smallest absolute Gasteiger partial charge is 0.0866 e. The molecule has 4 heteroatoms. The molecule has 0 saturated carbocycles. The Morgan fingerprint density at radius 1 is 0.452 bits per heavy atom. The zero-order chi connectivity index (χ0) is 41.7. The summed E-state index contributed by atoms with van der Waals surface area (Å²) in [6.45, 7) is 0. The van der Waals surface area contributed by atoms with E-state index in [0.717, 1.165) is 40.3 Å². The van der Waals surface area contributed by atoms with Gasteiger partial charge in [-0.25, -0.2) is 0 Å². The molecule has 9 aromatic rings. The number of hydrogen-bond donors (Lipinski definition) is 1. The summed E-state index contributed by atoms with van der Waals surface area (Å²) in [6.07, 6.45) is 11.6. The molecule has 0 radical (unpaired) electrons. The van der Waals surface area contributed by atoms with Gasteiger partial charge in [-0.1, -0.05) is 206 Å². The molecule has 2 spiro atoms. The van der Waals surface area contributed by atoms with Crippen molar-refractivity contribution < 1.29 is 0 Å². The maximum absolute atomic E-state index is 5.56. The maximum Gasteiger partial charge on any atom is 0.0866 e. The molecule has 0 bridgehead atoms. The third-order valence-corrected chi connectivity index (χ3v) is 16.0. The second-order valence-corrected chi connectivity index (χ2v) is 18.8. The zero-order valence-electron chi connectivity index (χ0n) is 34.6. The number of benzene rings is 8. The fourth-order valence-electron chi connectivity index (χ4n) is 10.7. The molecule has 13 rings (SSSR count). The van der Waals surface area contributed by atoms with E-state index in [4.69, 9.17) is 18.1 Å². The average Bonchev–Trinajstić information content (AvgIpc) is 4.06. The average molecular weight is 835 g/mol. The number of thioether (sulfide) groups is 1. The predicted molar refractivity (Wildman–Crippen MR) is 269 cm³/mol. The highest BCUT2D eigenvalue weighted by Crippen LogP contribution is 2.82. The third-order valence-electron chi connectivity index (χ3n) is 13.6. The Labute approximate surface area is 372 Å². The SMILES string of the molecule is C1=Cc2ccccc2C2(SC23CCCc2c3ccc3ccccc23)c2ccccc21.N/N=C1/CCCc2c1ccc1ccccc21.S=c1c2ccccc2ccc2ccccc12. The molecule has 0 aromatic heterocycles. The summed E-state index contributed by atoms with van der Waals surface area (Å²) in [6, 6.07) is 65.5. The van der Waals surface area contributed by atoms with Crippen LogP contribution in [0.2, 0.25) is 0 Å². The second kappa shape index (κ2) is 15.9. The first kappa shape index (κ1) is 38.6. The van der Waals surface area contributed by atoms with Crippen LogP contribution in [0.3, 0.4) is 0 Å². The van der Waals surface area contributed by atoms with Gasteiger partial charge in [0.15, 0.2) is 0 Å². The topological polar surface area (TPSA) is 38.4 Å². The number of hydrogen-bond acceptors (Lipinski definition) is 4. The van der Waals surface area contributed by atoms with Gasteiger partial charge in [0.05, 0.1) is 19.7 Å². The minimum absolute atomic E-state index is 0.00130. The molecular weight excluding hydrogens is 789 g/mol. The standard InChI is InChI=1S/C29H22S.C15H10S.C14H14N2/c1-4-11-23-20(8-1)17-18-27-24(23)12-7-19-28(27)29(30-28)25-13-5-2-9-21(25)15-16-22-10-3-6-14-26(22)29;16-15-13-7-3-1-5-11(13)9-10-12-6-2-4-8-14(12)15;15-16-14-7-3-6-12-11-5-2-1-4-10(11)8-9-13(12)14/h1-6,8-11,13-18H,7,12,19H2;1-10H;1-2,4-5,8-9H,3,6-7,15H2/b;;16-14-. The van der Waals surface area contributed by atoms with Gasteiger partial charge in [-0.2, -0.15) is 5.10 Å². The molecule has 300 valence electrons. The van der Waals surface area contributed by atoms with E-state index in [2.05, 4.69) is 187 Å². The summed E-state index contributed by atoms with van der Waals surface area (Å²) < 4.78 is 1.07. The summed E-state index contributed by atoms with van der Waals surface area (Å²) in [5.74, 6) is 5.45. The van der Waals surface area contributed by atoms with E-state index in [-0.39, 0.29) is 9.49 Å². The fourth-order valence-corrected chi connectivity index (χ4v) is 13.2. The van der Waals surface area contributed by atoms with Crippen molar-refractivity contribution >= 4 is 84.9 Å². The number of hydrazone groups is 1. The van der Waals surface area contributed by atoms with Crippen molar-refractivity contribution in [2.45, 2.75) is 48.0 Å². The van der Waals surface area contributed by atoms with E-state index in [1.54, 1.807) is 11.1 Å². The van der Waals surface area contributed by atoms with Crippen molar-refractivity contribution in [1.82, 2.24) is 0 Å². The number of rotatable bonds is 0. The van der Waals surface area contributed by atoms with Crippen molar-refractivity contribution in [1.29, 1.82) is 0 Å². The predicted octanol–water partition coefficient (Wildman–Crippen LogP) is 15.1. The first-order chi connectivity index (χ1) is 30.6. The van der Waals surface area contributed by atoms with Crippen LogP contribution in [0.5, 0.6) is 0 Å². The Kier molecular flexibility index (Phi) is 9.86. The van der Waals surface area contributed by atoms with Crippen LogP contribution in [0.4, 0.5) is 0 Å². The number of fused-ring (bicyclic) bond motifs is 14. The van der Waals surface area contributed by atoms with Crippen molar-refractivity contribution in [2.24, 2.45) is 10.9 Å². The minimum Gasteiger partial charge on any atom is -0.323 e. The number of aryl methyl sites for hydroxylation is 2. The lowest BCUT2D eigenvalue weighted by Crippen LogP contribution is -2.28. The normalized spacial score (nSPS) is 18.2. The molecule has 1 aliphatic heterocycles. The van der Waals surface area contributed by atoms with Gasteiger partial charge in [-0.05, 0) is 110 Å². The Morgan fingerprint density at radius 3 is 1.52 bits per heavy atom. The first-order valence-electron chi connectivity index (χ1n) is 21.9. The zero-order valence-corrected chi connectivity index (χ0v) is 36.2. The van der Waals surface area contributed by atoms with Crippen LogP contribution in [0.1, 0.15) is 70.2 Å². The van der Waals surface area contributed by atoms with Crippen LogP contribution in [-0.4, -0.2) is 5.71 Å². The van der Waals surface area contributed by atoms with Crippen LogP contribution in [0.15, 0.2) is 187 Å². The van der Waals surface area contributed by atoms with Crippen molar-refractivity contribution in [2.75, 3.05) is 0 Å². The third kappa shape index (κ3) is 6.30. The van der Waals surface area contributed by atoms with Gasteiger partial charge in [0.25, 0.3) is 0 Å². The van der Waals surface area contributed by atoms with Gasteiger partial charge in [-0.15, -0.1) is 11.8 Å². The first-order valence-corrected chi connectivity index (χ1v) is 23.1. The number of nitrogens with zero attached hydrogens (tertiary/aromatic N) is 1. The van der Waals surface area contributed by atoms with E-state index in [1.165, 1.54) is 85.0 Å².